The van der Waals surface area contributed by atoms with E-state index in [2.05, 4.69) is 9.97 Å². The van der Waals surface area contributed by atoms with Gasteiger partial charge in [-0.05, 0) is 30.4 Å². The van der Waals surface area contributed by atoms with Crippen LogP contribution < -0.4 is 10.3 Å². The van der Waals surface area contributed by atoms with Gasteiger partial charge in [0.15, 0.2) is 0 Å². The molecule has 0 amide bonds. The molecule has 1 aromatic heterocycles. The summed E-state index contributed by atoms with van der Waals surface area (Å²) in [6, 6.07) is 12.2. The second kappa shape index (κ2) is 8.76. The van der Waals surface area contributed by atoms with E-state index in [0.717, 1.165) is 5.56 Å². The topological polar surface area (TPSA) is 118 Å². The molecule has 148 valence electrons. The third-order valence-corrected chi connectivity index (χ3v) is 4.40. The molecule has 0 spiro atoms. The van der Waals surface area contributed by atoms with Crippen LogP contribution in [0.4, 0.5) is 5.69 Å². The van der Waals surface area contributed by atoms with Crippen molar-refractivity contribution in [3.63, 3.8) is 0 Å². The number of halogens is 2. The van der Waals surface area contributed by atoms with Gasteiger partial charge in [-0.2, -0.15) is 4.98 Å². The fourth-order valence-corrected chi connectivity index (χ4v) is 2.89. The molecule has 0 aliphatic carbocycles. The zero-order chi connectivity index (χ0) is 21.0. The largest absolute Gasteiger partial charge is 0.488 e. The number of aromatic amines is 1. The van der Waals surface area contributed by atoms with Crippen molar-refractivity contribution in [2.75, 3.05) is 0 Å². The summed E-state index contributed by atoms with van der Waals surface area (Å²) in [7, 11) is 0. The van der Waals surface area contributed by atoms with Crippen molar-refractivity contribution in [2.45, 2.75) is 6.61 Å². The Morgan fingerprint density at radius 1 is 1.21 bits per heavy atom. The van der Waals surface area contributed by atoms with E-state index >= 15 is 0 Å². The van der Waals surface area contributed by atoms with Gasteiger partial charge in [-0.15, -0.1) is 0 Å². The van der Waals surface area contributed by atoms with E-state index in [-0.39, 0.29) is 12.4 Å². The van der Waals surface area contributed by atoms with Crippen LogP contribution in [0, 0.1) is 10.1 Å². The van der Waals surface area contributed by atoms with Gasteiger partial charge in [0.1, 0.15) is 18.2 Å². The summed E-state index contributed by atoms with van der Waals surface area (Å²) in [6.07, 6.45) is 2.98. The first-order valence-electron chi connectivity index (χ1n) is 8.16. The van der Waals surface area contributed by atoms with Crippen LogP contribution in [0.25, 0.3) is 12.2 Å². The lowest BCUT2D eigenvalue weighted by Gasteiger charge is -2.10. The average Bonchev–Trinajstić information content (AvgIpc) is 2.65. The zero-order valence-corrected chi connectivity index (χ0v) is 16.1. The van der Waals surface area contributed by atoms with Crippen LogP contribution >= 0.6 is 23.2 Å². The quantitative estimate of drug-likeness (QED) is 0.438. The molecule has 29 heavy (non-hydrogen) atoms. The summed E-state index contributed by atoms with van der Waals surface area (Å²) in [6.45, 7) is 0.203. The van der Waals surface area contributed by atoms with Crippen molar-refractivity contribution in [1.82, 2.24) is 9.97 Å². The van der Waals surface area contributed by atoms with Gasteiger partial charge < -0.3 is 14.8 Å². The Kier molecular flexibility index (Phi) is 6.16. The molecule has 0 bridgehead atoms. The smallest absolute Gasteiger partial charge is 0.395 e. The Labute approximate surface area is 174 Å². The maximum Gasteiger partial charge on any atom is 0.395 e. The van der Waals surface area contributed by atoms with Crippen molar-refractivity contribution < 1.29 is 14.8 Å². The van der Waals surface area contributed by atoms with Crippen molar-refractivity contribution in [3.05, 3.63) is 89.9 Å². The van der Waals surface area contributed by atoms with Gasteiger partial charge in [-0.25, -0.2) is 0 Å². The number of nitrogens with zero attached hydrogens (tertiary/aromatic N) is 2. The van der Waals surface area contributed by atoms with Crippen molar-refractivity contribution in [3.8, 4) is 11.6 Å². The Bertz CT molecular complexity index is 1160. The number of aromatic nitrogens is 2. The van der Waals surface area contributed by atoms with Crippen molar-refractivity contribution in [2.24, 2.45) is 0 Å². The number of para-hydroxylation sites is 1. The van der Waals surface area contributed by atoms with Gasteiger partial charge >= 0.3 is 11.2 Å². The number of nitrogens with one attached hydrogen (secondary N) is 1. The van der Waals surface area contributed by atoms with Crippen LogP contribution in [-0.2, 0) is 6.61 Å². The standard InChI is InChI=1S/C19H13Cl2N3O5/c20-13-7-5-12(14(21)9-13)10-29-15-4-2-1-3-11(15)6-8-16-22-18(25)17(24(27)28)19(26)23-16/h1-9H,10H2,(H2,22,23,25,26)/b8-6-. The number of aromatic hydroxyl groups is 1. The highest BCUT2D eigenvalue weighted by atomic mass is 35.5. The fraction of sp³-hybridized carbons (Fsp3) is 0.0526. The summed E-state index contributed by atoms with van der Waals surface area (Å²) in [5, 5.41) is 21.3. The first-order chi connectivity index (χ1) is 13.8. The highest BCUT2D eigenvalue weighted by molar-refractivity contribution is 6.35. The van der Waals surface area contributed by atoms with E-state index in [4.69, 9.17) is 27.9 Å². The van der Waals surface area contributed by atoms with Crippen LogP contribution in [0.5, 0.6) is 11.6 Å². The molecule has 0 aliphatic rings. The predicted molar refractivity (Wildman–Crippen MR) is 109 cm³/mol. The molecule has 2 aromatic carbocycles. The number of H-pyrrole nitrogens is 1. The van der Waals surface area contributed by atoms with Gasteiger partial charge in [-0.3, -0.25) is 14.9 Å². The van der Waals surface area contributed by atoms with Gasteiger partial charge in [0, 0.05) is 21.2 Å². The Balaban J connectivity index is 1.82. The molecule has 0 aliphatic heterocycles. The van der Waals surface area contributed by atoms with Gasteiger partial charge in [0.05, 0.1) is 4.92 Å². The van der Waals surface area contributed by atoms with E-state index in [1.807, 2.05) is 0 Å². The van der Waals surface area contributed by atoms with Crippen LogP contribution in [0.3, 0.4) is 0 Å². The minimum Gasteiger partial charge on any atom is -0.488 e. The number of hydrogen-bond acceptors (Lipinski definition) is 6. The molecular weight excluding hydrogens is 421 g/mol. The summed E-state index contributed by atoms with van der Waals surface area (Å²) in [4.78, 5) is 27.3. The molecule has 2 N–H and O–H groups in total. The molecule has 0 fully saturated rings. The minimum absolute atomic E-state index is 0.0475. The van der Waals surface area contributed by atoms with Crippen LogP contribution in [0.1, 0.15) is 17.0 Å². The number of benzene rings is 2. The molecule has 3 rings (SSSR count). The van der Waals surface area contributed by atoms with Gasteiger partial charge in [0.25, 0.3) is 5.88 Å². The Morgan fingerprint density at radius 2 is 1.97 bits per heavy atom. The third-order valence-electron chi connectivity index (χ3n) is 3.82. The van der Waals surface area contributed by atoms with Crippen molar-refractivity contribution in [1.29, 1.82) is 0 Å². The summed E-state index contributed by atoms with van der Waals surface area (Å²) in [5.41, 5.74) is -0.658. The molecule has 0 saturated heterocycles. The highest BCUT2D eigenvalue weighted by Gasteiger charge is 2.21. The summed E-state index contributed by atoms with van der Waals surface area (Å²) >= 11 is 12.0. The number of hydrogen-bond donors (Lipinski definition) is 2. The first-order valence-corrected chi connectivity index (χ1v) is 8.92. The SMILES string of the molecule is O=c1[nH]c(/C=C\c2ccccc2OCc2ccc(Cl)cc2Cl)nc(O)c1[N+](=O)[O-]. The zero-order valence-electron chi connectivity index (χ0n) is 14.6. The second-order valence-electron chi connectivity index (χ2n) is 5.78. The maximum absolute atomic E-state index is 11.7. The summed E-state index contributed by atoms with van der Waals surface area (Å²) < 4.78 is 5.82. The van der Waals surface area contributed by atoms with E-state index in [0.29, 0.717) is 21.4 Å². The normalized spacial score (nSPS) is 11.0. The first kappa shape index (κ1) is 20.4. The molecule has 0 saturated carbocycles. The van der Waals surface area contributed by atoms with E-state index < -0.39 is 22.0 Å². The molecule has 8 nitrogen and oxygen atoms in total. The third kappa shape index (κ3) is 4.92. The molecule has 10 heteroatoms. The lowest BCUT2D eigenvalue weighted by Crippen LogP contribution is -2.14. The predicted octanol–water partition coefficient (Wildman–Crippen LogP) is 4.44. The molecule has 0 radical (unpaired) electrons. The molecule has 0 unspecified atom stereocenters. The van der Waals surface area contributed by atoms with E-state index in [9.17, 15) is 20.0 Å². The van der Waals surface area contributed by atoms with Crippen LogP contribution in [0.2, 0.25) is 10.0 Å². The molecule has 3 aromatic rings. The van der Waals surface area contributed by atoms with Crippen LogP contribution in [0.15, 0.2) is 47.3 Å². The average molecular weight is 434 g/mol. The number of nitro groups is 1. The number of rotatable bonds is 6. The fourth-order valence-electron chi connectivity index (χ4n) is 2.43. The van der Waals surface area contributed by atoms with Gasteiger partial charge in [-0.1, -0.05) is 47.5 Å². The summed E-state index contributed by atoms with van der Waals surface area (Å²) in [5.74, 6) is -0.475. The highest BCUT2D eigenvalue weighted by Crippen LogP contribution is 2.25. The molecule has 1 heterocycles. The number of ether oxygens (including phenoxy) is 1. The Hall–Kier alpha value is -3.36. The lowest BCUT2D eigenvalue weighted by atomic mass is 10.2. The lowest BCUT2D eigenvalue weighted by molar-refractivity contribution is -0.387. The van der Waals surface area contributed by atoms with E-state index in [1.165, 1.54) is 6.08 Å². The second-order valence-corrected chi connectivity index (χ2v) is 6.62. The van der Waals surface area contributed by atoms with Gasteiger partial charge in [0.2, 0.25) is 0 Å². The monoisotopic (exact) mass is 433 g/mol. The molecular formula is C19H13Cl2N3O5. The maximum atomic E-state index is 11.7. The van der Waals surface area contributed by atoms with E-state index in [1.54, 1.807) is 48.5 Å². The van der Waals surface area contributed by atoms with Crippen LogP contribution in [-0.4, -0.2) is 20.0 Å². The molecule has 0 atom stereocenters. The Morgan fingerprint density at radius 3 is 2.66 bits per heavy atom. The minimum atomic E-state index is -1.05. The van der Waals surface area contributed by atoms with Crippen molar-refractivity contribution >= 4 is 41.0 Å².